The molecule has 1 atom stereocenters. The molecule has 1 saturated heterocycles. The van der Waals surface area contributed by atoms with Crippen molar-refractivity contribution in [2.75, 3.05) is 24.4 Å². The molecule has 1 aromatic rings. The van der Waals surface area contributed by atoms with Gasteiger partial charge in [0.05, 0.1) is 5.69 Å². The van der Waals surface area contributed by atoms with Gasteiger partial charge < -0.3 is 5.73 Å². The number of rotatable bonds is 4. The Morgan fingerprint density at radius 3 is 2.55 bits per heavy atom. The third kappa shape index (κ3) is 3.99. The number of halogens is 2. The molecule has 1 aromatic carbocycles. The number of nitrogens with two attached hydrogens (primary N) is 1. The lowest BCUT2D eigenvalue weighted by Crippen LogP contribution is -2.44. The van der Waals surface area contributed by atoms with E-state index in [1.54, 1.807) is 6.07 Å². The lowest BCUT2D eigenvalue weighted by Gasteiger charge is -2.31. The monoisotopic (exact) mass is 337 g/mol. The smallest absolute Gasteiger partial charge is 0.301 e. The van der Waals surface area contributed by atoms with Gasteiger partial charge >= 0.3 is 10.2 Å². The van der Waals surface area contributed by atoms with Gasteiger partial charge in [0.25, 0.3) is 0 Å². The number of piperidine rings is 1. The van der Waals surface area contributed by atoms with Crippen molar-refractivity contribution in [3.63, 3.8) is 0 Å². The average Bonchev–Trinajstić information content (AvgIpc) is 2.37. The number of anilines is 1. The molecule has 1 unspecified atom stereocenters. The molecule has 8 heteroatoms. The minimum Gasteiger partial charge on any atom is -0.330 e. The second-order valence-corrected chi connectivity index (χ2v) is 7.41. The highest BCUT2D eigenvalue weighted by Gasteiger charge is 2.28. The number of benzene rings is 1. The van der Waals surface area contributed by atoms with Gasteiger partial charge in [-0.3, -0.25) is 4.72 Å². The molecule has 0 aromatic heterocycles. The summed E-state index contributed by atoms with van der Waals surface area (Å²) in [4.78, 5) is 0. The highest BCUT2D eigenvalue weighted by atomic mass is 35.5. The SMILES string of the molecule is NCC1CCCN(S(=O)(=O)Nc2cc(Cl)cc(Cl)c2)C1. The number of hydrogen-bond acceptors (Lipinski definition) is 3. The Morgan fingerprint density at radius 2 is 1.95 bits per heavy atom. The average molecular weight is 338 g/mol. The Morgan fingerprint density at radius 1 is 1.30 bits per heavy atom. The zero-order valence-electron chi connectivity index (χ0n) is 10.9. The summed E-state index contributed by atoms with van der Waals surface area (Å²) in [6.07, 6.45) is 1.78. The molecule has 20 heavy (non-hydrogen) atoms. The first-order chi connectivity index (χ1) is 9.40. The first kappa shape index (κ1) is 15.9. The van der Waals surface area contributed by atoms with E-state index >= 15 is 0 Å². The fourth-order valence-electron chi connectivity index (χ4n) is 2.26. The molecule has 0 radical (unpaired) electrons. The first-order valence-electron chi connectivity index (χ1n) is 6.35. The van der Waals surface area contributed by atoms with Gasteiger partial charge in [0, 0.05) is 23.1 Å². The van der Waals surface area contributed by atoms with Crippen molar-refractivity contribution in [2.45, 2.75) is 12.8 Å². The largest absolute Gasteiger partial charge is 0.330 e. The second-order valence-electron chi connectivity index (χ2n) is 4.87. The summed E-state index contributed by atoms with van der Waals surface area (Å²) < 4.78 is 28.6. The normalized spacial score (nSPS) is 20.9. The van der Waals surface area contributed by atoms with Crippen LogP contribution in [0.2, 0.25) is 10.0 Å². The Balaban J connectivity index is 2.14. The molecule has 112 valence electrons. The van der Waals surface area contributed by atoms with E-state index < -0.39 is 10.2 Å². The molecule has 5 nitrogen and oxygen atoms in total. The summed E-state index contributed by atoms with van der Waals surface area (Å²) in [5.74, 6) is 0.211. The third-order valence-corrected chi connectivity index (χ3v) is 5.21. The van der Waals surface area contributed by atoms with Gasteiger partial charge in [0.2, 0.25) is 0 Å². The van der Waals surface area contributed by atoms with Gasteiger partial charge in [0.1, 0.15) is 0 Å². The molecule has 0 aliphatic carbocycles. The maximum Gasteiger partial charge on any atom is 0.301 e. The van der Waals surface area contributed by atoms with Gasteiger partial charge in [-0.2, -0.15) is 12.7 Å². The van der Waals surface area contributed by atoms with E-state index in [1.165, 1.54) is 16.4 Å². The molecule has 0 amide bonds. The molecule has 1 heterocycles. The molecular formula is C12H17Cl2N3O2S. The van der Waals surface area contributed by atoms with Crippen molar-refractivity contribution in [1.82, 2.24) is 4.31 Å². The third-order valence-electron chi connectivity index (χ3n) is 3.26. The van der Waals surface area contributed by atoms with E-state index in [0.29, 0.717) is 35.4 Å². The van der Waals surface area contributed by atoms with E-state index in [0.717, 1.165) is 12.8 Å². The Bertz CT molecular complexity index is 560. The van der Waals surface area contributed by atoms with Gasteiger partial charge in [-0.1, -0.05) is 23.2 Å². The number of nitrogens with one attached hydrogen (secondary N) is 1. The van der Waals surface area contributed by atoms with Crippen molar-refractivity contribution < 1.29 is 8.42 Å². The highest BCUT2D eigenvalue weighted by molar-refractivity contribution is 7.90. The van der Waals surface area contributed by atoms with Crippen molar-refractivity contribution in [3.8, 4) is 0 Å². The lowest BCUT2D eigenvalue weighted by atomic mass is 10.0. The molecule has 0 spiro atoms. The molecule has 1 aliphatic rings. The molecule has 2 rings (SSSR count). The fraction of sp³-hybridized carbons (Fsp3) is 0.500. The Labute approximate surface area is 129 Å². The van der Waals surface area contributed by atoms with Crippen LogP contribution >= 0.6 is 23.2 Å². The minimum absolute atomic E-state index is 0.211. The van der Waals surface area contributed by atoms with Crippen molar-refractivity contribution in [3.05, 3.63) is 28.2 Å². The summed E-state index contributed by atoms with van der Waals surface area (Å²) >= 11 is 11.7. The molecule has 1 fully saturated rings. The molecule has 0 saturated carbocycles. The topological polar surface area (TPSA) is 75.4 Å². The van der Waals surface area contributed by atoms with Crippen LogP contribution in [0, 0.1) is 5.92 Å². The van der Waals surface area contributed by atoms with Crippen LogP contribution in [0.15, 0.2) is 18.2 Å². The van der Waals surface area contributed by atoms with E-state index in [2.05, 4.69) is 4.72 Å². The maximum atomic E-state index is 12.3. The predicted molar refractivity (Wildman–Crippen MR) is 82.4 cm³/mol. The Hall–Kier alpha value is -0.530. The molecular weight excluding hydrogens is 321 g/mol. The van der Waals surface area contributed by atoms with Gasteiger partial charge in [-0.15, -0.1) is 0 Å². The summed E-state index contributed by atoms with van der Waals surface area (Å²) in [5.41, 5.74) is 5.98. The van der Waals surface area contributed by atoms with Crippen molar-refractivity contribution in [2.24, 2.45) is 11.7 Å². The van der Waals surface area contributed by atoms with Crippen LogP contribution in [-0.4, -0.2) is 32.4 Å². The van der Waals surface area contributed by atoms with Crippen molar-refractivity contribution >= 4 is 39.1 Å². The number of hydrogen-bond donors (Lipinski definition) is 2. The molecule has 0 bridgehead atoms. The number of nitrogens with zero attached hydrogens (tertiary/aromatic N) is 1. The van der Waals surface area contributed by atoms with E-state index in [4.69, 9.17) is 28.9 Å². The summed E-state index contributed by atoms with van der Waals surface area (Å²) in [7, 11) is -3.60. The maximum absolute atomic E-state index is 12.3. The lowest BCUT2D eigenvalue weighted by molar-refractivity contribution is 0.273. The van der Waals surface area contributed by atoms with Crippen LogP contribution in [0.1, 0.15) is 12.8 Å². The van der Waals surface area contributed by atoms with Crippen LogP contribution in [0.5, 0.6) is 0 Å². The van der Waals surface area contributed by atoms with Gasteiger partial charge in [-0.25, -0.2) is 0 Å². The van der Waals surface area contributed by atoms with Gasteiger partial charge in [-0.05, 0) is 43.5 Å². The van der Waals surface area contributed by atoms with E-state index in [9.17, 15) is 8.42 Å². The zero-order valence-corrected chi connectivity index (χ0v) is 13.2. The minimum atomic E-state index is -3.60. The molecule has 1 aliphatic heterocycles. The highest BCUT2D eigenvalue weighted by Crippen LogP contribution is 2.25. The fourth-order valence-corrected chi connectivity index (χ4v) is 4.11. The van der Waals surface area contributed by atoms with Crippen LogP contribution in [0.3, 0.4) is 0 Å². The summed E-state index contributed by atoms with van der Waals surface area (Å²) in [6, 6.07) is 4.59. The van der Waals surface area contributed by atoms with E-state index in [-0.39, 0.29) is 5.92 Å². The standard InChI is InChI=1S/C12H17Cl2N3O2S/c13-10-4-11(14)6-12(5-10)16-20(18,19)17-3-1-2-9(7-15)8-17/h4-6,9,16H,1-3,7-8,15H2. The first-order valence-corrected chi connectivity index (χ1v) is 8.54. The zero-order chi connectivity index (χ0) is 14.8. The molecule has 3 N–H and O–H groups in total. The van der Waals surface area contributed by atoms with Crippen LogP contribution in [0.25, 0.3) is 0 Å². The predicted octanol–water partition coefficient (Wildman–Crippen LogP) is 2.32. The summed E-state index contributed by atoms with van der Waals surface area (Å²) in [6.45, 7) is 1.44. The van der Waals surface area contributed by atoms with Gasteiger partial charge in [0.15, 0.2) is 0 Å². The van der Waals surface area contributed by atoms with Crippen LogP contribution in [0.4, 0.5) is 5.69 Å². The van der Waals surface area contributed by atoms with E-state index in [1.807, 2.05) is 0 Å². The Kier molecular flexibility index (Phi) is 5.14. The van der Waals surface area contributed by atoms with Crippen LogP contribution in [-0.2, 0) is 10.2 Å². The quantitative estimate of drug-likeness (QED) is 0.885. The van der Waals surface area contributed by atoms with Crippen LogP contribution < -0.4 is 10.5 Å². The summed E-state index contributed by atoms with van der Waals surface area (Å²) in [5, 5.41) is 0.766. The van der Waals surface area contributed by atoms with Crippen molar-refractivity contribution in [1.29, 1.82) is 0 Å². The second kappa shape index (κ2) is 6.49.